The van der Waals surface area contributed by atoms with Crippen LogP contribution < -0.4 is 10.2 Å². The zero-order valence-corrected chi connectivity index (χ0v) is 14.1. The van der Waals surface area contributed by atoms with Gasteiger partial charge in [-0.3, -0.25) is 0 Å². The Morgan fingerprint density at radius 2 is 1.67 bits per heavy atom. The monoisotopic (exact) mass is 293 g/mol. The van der Waals surface area contributed by atoms with Crippen molar-refractivity contribution in [1.82, 2.24) is 4.90 Å². The van der Waals surface area contributed by atoms with E-state index in [-0.39, 0.29) is 0 Å². The highest BCUT2D eigenvalue weighted by molar-refractivity contribution is 6.47. The van der Waals surface area contributed by atoms with Crippen LogP contribution in [0.15, 0.2) is 24.3 Å². The normalized spacial score (nSPS) is 12.6. The van der Waals surface area contributed by atoms with Crippen molar-refractivity contribution < 1.29 is 14.5 Å². The lowest BCUT2D eigenvalue weighted by Gasteiger charge is -2.33. The summed E-state index contributed by atoms with van der Waals surface area (Å²) >= 11 is 0. The molecule has 0 bridgehead atoms. The summed E-state index contributed by atoms with van der Waals surface area (Å²) in [4.78, 5) is 2.08. The fraction of sp³-hybridized carbons (Fsp3) is 0.625. The van der Waals surface area contributed by atoms with Crippen LogP contribution in [0.4, 0.5) is 0 Å². The Balaban J connectivity index is 2.48. The first-order chi connectivity index (χ1) is 9.62. The number of ether oxygens (including phenoxy) is 1. The predicted octanol–water partition coefficient (Wildman–Crippen LogP) is 1.17. The van der Waals surface area contributed by atoms with Crippen molar-refractivity contribution in [3.63, 3.8) is 0 Å². The maximum atomic E-state index is 8.08. The van der Waals surface area contributed by atoms with Crippen molar-refractivity contribution in [1.29, 1.82) is 0 Å². The molecule has 1 aromatic carbocycles. The predicted molar refractivity (Wildman–Crippen MR) is 88.7 cm³/mol. The summed E-state index contributed by atoms with van der Waals surface area (Å²) in [5.41, 5.74) is -0.251. The molecule has 1 rings (SSSR count). The standard InChI is InChI=1S/C16H27BNO3/c1-15(2,19)16(3,4)21-17-13-7-9-14(10-8-13)20-12-11-18(5)6/h7-10,19H,11-12H2,1-6H3/p+1. The van der Waals surface area contributed by atoms with Gasteiger partial charge >= 0.3 is 7.48 Å². The average Bonchev–Trinajstić information content (AvgIpc) is 2.36. The molecule has 0 saturated heterocycles. The van der Waals surface area contributed by atoms with Gasteiger partial charge in [-0.1, -0.05) is 17.6 Å². The number of benzene rings is 1. The lowest BCUT2D eigenvalue weighted by Crippen LogP contribution is -2.49. The lowest BCUT2D eigenvalue weighted by molar-refractivity contribution is -0.0893. The molecule has 0 fully saturated rings. The van der Waals surface area contributed by atoms with Gasteiger partial charge in [0.2, 0.25) is 0 Å². The van der Waals surface area contributed by atoms with Crippen molar-refractivity contribution in [3.8, 4) is 5.75 Å². The van der Waals surface area contributed by atoms with Crippen LogP contribution in [0.2, 0.25) is 0 Å². The van der Waals surface area contributed by atoms with Gasteiger partial charge in [-0.15, -0.1) is 0 Å². The smallest absolute Gasteiger partial charge is 0.331 e. The second-order valence-corrected chi connectivity index (χ2v) is 6.59. The molecule has 0 atom stereocenters. The van der Waals surface area contributed by atoms with Gasteiger partial charge in [0.05, 0.1) is 0 Å². The van der Waals surface area contributed by atoms with Crippen molar-refractivity contribution >= 4 is 12.9 Å². The Hall–Kier alpha value is -1.04. The maximum Gasteiger partial charge on any atom is 0.331 e. The largest absolute Gasteiger partial charge is 0.492 e. The van der Waals surface area contributed by atoms with Crippen LogP contribution in [0.25, 0.3) is 0 Å². The van der Waals surface area contributed by atoms with Crippen molar-refractivity contribution in [3.05, 3.63) is 24.3 Å². The Morgan fingerprint density at radius 1 is 1.10 bits per heavy atom. The van der Waals surface area contributed by atoms with Crippen LogP contribution in [0.5, 0.6) is 5.75 Å². The second-order valence-electron chi connectivity index (χ2n) is 6.59. The molecule has 0 saturated carbocycles. The number of nitrogens with zero attached hydrogens (tertiary/aromatic N) is 1. The van der Waals surface area contributed by atoms with Gasteiger partial charge in [-0.05, 0) is 40.1 Å². The van der Waals surface area contributed by atoms with Crippen molar-refractivity contribution in [2.45, 2.75) is 38.9 Å². The summed E-state index contributed by atoms with van der Waals surface area (Å²) in [5, 5.41) is 8.08. The summed E-state index contributed by atoms with van der Waals surface area (Å²) < 4.78 is 11.4. The van der Waals surface area contributed by atoms with E-state index in [2.05, 4.69) is 4.90 Å². The molecule has 5 heteroatoms. The molecule has 0 aliphatic carbocycles. The zero-order chi connectivity index (χ0) is 16.1. The van der Waals surface area contributed by atoms with E-state index >= 15 is 0 Å². The van der Waals surface area contributed by atoms with Gasteiger partial charge in [0, 0.05) is 20.4 Å². The summed E-state index contributed by atoms with van der Waals surface area (Å²) in [7, 11) is 5.75. The topological polar surface area (TPSA) is 44.6 Å². The molecule has 0 heterocycles. The lowest BCUT2D eigenvalue weighted by atomic mass is 9.82. The highest BCUT2D eigenvalue weighted by Crippen LogP contribution is 2.24. The minimum atomic E-state index is -0.668. The quantitative estimate of drug-likeness (QED) is 0.534. The Labute approximate surface area is 129 Å². The number of rotatable bonds is 8. The molecule has 1 aromatic rings. The third-order valence-corrected chi connectivity index (χ3v) is 3.68. The van der Waals surface area contributed by atoms with Crippen LogP contribution in [0.3, 0.4) is 0 Å². The van der Waals surface area contributed by atoms with E-state index in [1.54, 1.807) is 7.48 Å². The number of likely N-dealkylation sites (N-methyl/N-ethyl adjacent to an activating group) is 1. The van der Waals surface area contributed by atoms with E-state index in [1.165, 1.54) is 0 Å². The van der Waals surface area contributed by atoms with Gasteiger partial charge in [0.25, 0.3) is 0 Å². The SMILES string of the molecule is CN(C)CCOc1ccc([B]OC(C)(C)C(C)(C)[OH2+])cc1. The molecule has 117 valence electrons. The molecule has 0 amide bonds. The molecule has 0 aliphatic rings. The second kappa shape index (κ2) is 7.30. The molecule has 0 aliphatic heterocycles. The van der Waals surface area contributed by atoms with Gasteiger partial charge in [-0.2, -0.15) is 0 Å². The minimum absolute atomic E-state index is 0.548. The Morgan fingerprint density at radius 3 is 2.14 bits per heavy atom. The van der Waals surface area contributed by atoms with Crippen LogP contribution in [-0.2, 0) is 4.65 Å². The molecule has 1 radical (unpaired) electrons. The first-order valence-corrected chi connectivity index (χ1v) is 7.25. The summed E-state index contributed by atoms with van der Waals surface area (Å²) in [5.74, 6) is 0.856. The van der Waals surface area contributed by atoms with E-state index in [4.69, 9.17) is 14.5 Å². The zero-order valence-electron chi connectivity index (χ0n) is 14.1. The number of hydrogen-bond donors (Lipinski definition) is 0. The van der Waals surface area contributed by atoms with Crippen LogP contribution in [0.1, 0.15) is 27.7 Å². The van der Waals surface area contributed by atoms with Crippen molar-refractivity contribution in [2.75, 3.05) is 27.2 Å². The van der Waals surface area contributed by atoms with Crippen LogP contribution >= 0.6 is 0 Å². The molecule has 21 heavy (non-hydrogen) atoms. The summed E-state index contributed by atoms with van der Waals surface area (Å²) in [6.07, 6.45) is 0. The average molecular weight is 293 g/mol. The molecule has 0 spiro atoms. The van der Waals surface area contributed by atoms with Gasteiger partial charge in [0.1, 0.15) is 18.0 Å². The molecular formula is C16H28BNO3+. The van der Waals surface area contributed by atoms with Crippen LogP contribution in [-0.4, -0.2) is 55.9 Å². The van der Waals surface area contributed by atoms with Crippen molar-refractivity contribution in [2.24, 2.45) is 0 Å². The fourth-order valence-electron chi connectivity index (χ4n) is 1.35. The number of hydrogen-bond acceptors (Lipinski definition) is 3. The first-order valence-electron chi connectivity index (χ1n) is 7.25. The molecule has 0 unspecified atom stereocenters. The first kappa shape index (κ1) is 18.0. The summed E-state index contributed by atoms with van der Waals surface area (Å²) in [6.45, 7) is 9.12. The third kappa shape index (κ3) is 6.08. The van der Waals surface area contributed by atoms with E-state index in [1.807, 2.05) is 66.1 Å². The molecular weight excluding hydrogens is 265 g/mol. The summed E-state index contributed by atoms with van der Waals surface area (Å²) in [6, 6.07) is 7.78. The minimum Gasteiger partial charge on any atom is -0.492 e. The molecule has 0 aromatic heterocycles. The van der Waals surface area contributed by atoms with E-state index in [0.717, 1.165) is 17.8 Å². The van der Waals surface area contributed by atoms with E-state index in [0.29, 0.717) is 6.61 Å². The Kier molecular flexibility index (Phi) is 6.26. The van der Waals surface area contributed by atoms with Gasteiger partial charge in [-0.25, -0.2) is 0 Å². The molecule has 2 N–H and O–H groups in total. The molecule has 4 nitrogen and oxygen atoms in total. The third-order valence-electron chi connectivity index (χ3n) is 3.68. The van der Waals surface area contributed by atoms with Gasteiger partial charge < -0.3 is 19.4 Å². The fourth-order valence-corrected chi connectivity index (χ4v) is 1.35. The van der Waals surface area contributed by atoms with Crippen LogP contribution in [0, 0.1) is 0 Å². The van der Waals surface area contributed by atoms with E-state index in [9.17, 15) is 0 Å². The van der Waals surface area contributed by atoms with E-state index < -0.39 is 11.2 Å². The maximum absolute atomic E-state index is 8.08. The highest BCUT2D eigenvalue weighted by atomic mass is 16.5. The van der Waals surface area contributed by atoms with Gasteiger partial charge in [0.15, 0.2) is 5.60 Å². The highest BCUT2D eigenvalue weighted by Gasteiger charge is 2.40. The Bertz CT molecular complexity index is 424.